The molecule has 0 unspecified atom stereocenters. The van der Waals surface area contributed by atoms with Crippen LogP contribution in [-0.4, -0.2) is 17.0 Å². The number of hydrogen-bond acceptors (Lipinski definition) is 3. The largest absolute Gasteiger partial charge is 0.314 e. The molecule has 0 atom stereocenters. The SMILES string of the molecule is CNCc1cc(C2CCC2)ncn1. The van der Waals surface area contributed by atoms with Gasteiger partial charge in [-0.3, -0.25) is 0 Å². The van der Waals surface area contributed by atoms with E-state index in [1.165, 1.54) is 25.0 Å². The lowest BCUT2D eigenvalue weighted by Gasteiger charge is -2.24. The third-order valence-corrected chi connectivity index (χ3v) is 2.63. The second-order valence-corrected chi connectivity index (χ2v) is 3.59. The third-order valence-electron chi connectivity index (χ3n) is 2.63. The van der Waals surface area contributed by atoms with Crippen LogP contribution in [0.5, 0.6) is 0 Å². The van der Waals surface area contributed by atoms with E-state index in [4.69, 9.17) is 0 Å². The summed E-state index contributed by atoms with van der Waals surface area (Å²) in [5.41, 5.74) is 2.32. The Labute approximate surface area is 78.6 Å². The molecule has 1 aromatic heterocycles. The van der Waals surface area contributed by atoms with Gasteiger partial charge in [-0.1, -0.05) is 6.42 Å². The van der Waals surface area contributed by atoms with E-state index in [2.05, 4.69) is 21.4 Å². The summed E-state index contributed by atoms with van der Waals surface area (Å²) in [7, 11) is 1.94. The van der Waals surface area contributed by atoms with Crippen molar-refractivity contribution in [1.82, 2.24) is 15.3 Å². The zero-order chi connectivity index (χ0) is 9.10. The van der Waals surface area contributed by atoms with Gasteiger partial charge in [0.25, 0.3) is 0 Å². The Morgan fingerprint density at radius 3 is 2.92 bits per heavy atom. The molecule has 1 fully saturated rings. The molecule has 3 nitrogen and oxygen atoms in total. The predicted molar refractivity (Wildman–Crippen MR) is 51.4 cm³/mol. The van der Waals surface area contributed by atoms with Crippen LogP contribution in [0.15, 0.2) is 12.4 Å². The van der Waals surface area contributed by atoms with E-state index < -0.39 is 0 Å². The number of hydrogen-bond donors (Lipinski definition) is 1. The second kappa shape index (κ2) is 3.83. The Morgan fingerprint density at radius 1 is 1.46 bits per heavy atom. The van der Waals surface area contributed by atoms with Crippen molar-refractivity contribution in [2.75, 3.05) is 7.05 Å². The van der Waals surface area contributed by atoms with Gasteiger partial charge in [-0.05, 0) is 26.0 Å². The number of aromatic nitrogens is 2. The van der Waals surface area contributed by atoms with E-state index in [-0.39, 0.29) is 0 Å². The van der Waals surface area contributed by atoms with Crippen LogP contribution in [0.1, 0.15) is 36.6 Å². The summed E-state index contributed by atoms with van der Waals surface area (Å²) < 4.78 is 0. The minimum absolute atomic E-state index is 0.707. The highest BCUT2D eigenvalue weighted by molar-refractivity contribution is 5.14. The Kier molecular flexibility index (Phi) is 2.54. The first-order valence-electron chi connectivity index (χ1n) is 4.85. The van der Waals surface area contributed by atoms with Gasteiger partial charge in [-0.25, -0.2) is 9.97 Å². The predicted octanol–water partition coefficient (Wildman–Crippen LogP) is 1.46. The first-order valence-corrected chi connectivity index (χ1v) is 4.85. The van der Waals surface area contributed by atoms with E-state index in [1.807, 2.05) is 7.05 Å². The molecule has 1 saturated carbocycles. The Morgan fingerprint density at radius 2 is 2.31 bits per heavy atom. The molecular formula is C10H15N3. The number of rotatable bonds is 3. The fraction of sp³-hybridized carbons (Fsp3) is 0.600. The number of nitrogens with zero attached hydrogens (tertiary/aromatic N) is 2. The van der Waals surface area contributed by atoms with Crippen LogP contribution in [0.3, 0.4) is 0 Å². The van der Waals surface area contributed by atoms with Crippen LogP contribution >= 0.6 is 0 Å². The van der Waals surface area contributed by atoms with Crippen LogP contribution in [0.2, 0.25) is 0 Å². The van der Waals surface area contributed by atoms with Gasteiger partial charge in [0, 0.05) is 18.2 Å². The van der Waals surface area contributed by atoms with Gasteiger partial charge >= 0.3 is 0 Å². The van der Waals surface area contributed by atoms with E-state index in [1.54, 1.807) is 6.33 Å². The molecular weight excluding hydrogens is 162 g/mol. The Bertz CT molecular complexity index is 281. The molecule has 2 rings (SSSR count). The van der Waals surface area contributed by atoms with Gasteiger partial charge in [0.15, 0.2) is 0 Å². The summed E-state index contributed by atoms with van der Waals surface area (Å²) >= 11 is 0. The van der Waals surface area contributed by atoms with Gasteiger partial charge in [0.2, 0.25) is 0 Å². The van der Waals surface area contributed by atoms with Gasteiger partial charge in [-0.2, -0.15) is 0 Å². The summed E-state index contributed by atoms with van der Waals surface area (Å²) in [5.74, 6) is 0.707. The molecule has 0 aliphatic heterocycles. The fourth-order valence-corrected chi connectivity index (χ4v) is 1.62. The molecule has 0 amide bonds. The monoisotopic (exact) mass is 177 g/mol. The zero-order valence-electron chi connectivity index (χ0n) is 7.95. The van der Waals surface area contributed by atoms with E-state index >= 15 is 0 Å². The highest BCUT2D eigenvalue weighted by Crippen LogP contribution is 2.34. The zero-order valence-corrected chi connectivity index (χ0v) is 7.95. The normalized spacial score (nSPS) is 17.0. The smallest absolute Gasteiger partial charge is 0.115 e. The highest BCUT2D eigenvalue weighted by Gasteiger charge is 2.20. The van der Waals surface area contributed by atoms with Crippen molar-refractivity contribution in [2.45, 2.75) is 31.7 Å². The van der Waals surface area contributed by atoms with Crippen LogP contribution in [0.4, 0.5) is 0 Å². The van der Waals surface area contributed by atoms with Crippen molar-refractivity contribution in [3.63, 3.8) is 0 Å². The van der Waals surface area contributed by atoms with Crippen LogP contribution in [0.25, 0.3) is 0 Å². The number of nitrogens with one attached hydrogen (secondary N) is 1. The first kappa shape index (κ1) is 8.63. The Hall–Kier alpha value is -0.960. The van der Waals surface area contributed by atoms with Crippen molar-refractivity contribution in [3.05, 3.63) is 23.8 Å². The van der Waals surface area contributed by atoms with Gasteiger partial charge in [0.05, 0.1) is 5.69 Å². The lowest BCUT2D eigenvalue weighted by Crippen LogP contribution is -2.13. The topological polar surface area (TPSA) is 37.8 Å². The van der Waals surface area contributed by atoms with E-state index in [0.717, 1.165) is 12.2 Å². The molecule has 0 saturated heterocycles. The lowest BCUT2D eigenvalue weighted by atomic mass is 9.83. The summed E-state index contributed by atoms with van der Waals surface area (Å²) in [6.45, 7) is 0.836. The molecule has 1 aliphatic carbocycles. The molecule has 0 spiro atoms. The molecule has 13 heavy (non-hydrogen) atoms. The van der Waals surface area contributed by atoms with Crippen LogP contribution in [-0.2, 0) is 6.54 Å². The highest BCUT2D eigenvalue weighted by atomic mass is 14.9. The maximum Gasteiger partial charge on any atom is 0.115 e. The summed E-state index contributed by atoms with van der Waals surface area (Å²) in [5, 5.41) is 3.10. The molecule has 0 bridgehead atoms. The standard InChI is InChI=1S/C10H15N3/c1-11-6-9-5-10(13-7-12-9)8-3-2-4-8/h5,7-8,11H,2-4,6H2,1H3. The molecule has 1 N–H and O–H groups in total. The molecule has 0 aromatic carbocycles. The van der Waals surface area contributed by atoms with Crippen molar-refractivity contribution in [2.24, 2.45) is 0 Å². The fourth-order valence-electron chi connectivity index (χ4n) is 1.62. The van der Waals surface area contributed by atoms with Crippen LogP contribution < -0.4 is 5.32 Å². The summed E-state index contributed by atoms with van der Waals surface area (Å²) in [6.07, 6.45) is 5.64. The van der Waals surface area contributed by atoms with Crippen molar-refractivity contribution >= 4 is 0 Å². The summed E-state index contributed by atoms with van der Waals surface area (Å²) in [6, 6.07) is 2.13. The minimum Gasteiger partial charge on any atom is -0.314 e. The molecule has 1 aliphatic rings. The Balaban J connectivity index is 2.11. The first-order chi connectivity index (χ1) is 6.40. The average Bonchev–Trinajstić information content (AvgIpc) is 2.02. The molecule has 0 radical (unpaired) electrons. The van der Waals surface area contributed by atoms with Gasteiger partial charge in [-0.15, -0.1) is 0 Å². The van der Waals surface area contributed by atoms with E-state index in [9.17, 15) is 0 Å². The second-order valence-electron chi connectivity index (χ2n) is 3.59. The maximum atomic E-state index is 4.30. The average molecular weight is 177 g/mol. The van der Waals surface area contributed by atoms with Crippen LogP contribution in [0, 0.1) is 0 Å². The molecule has 70 valence electrons. The van der Waals surface area contributed by atoms with Crippen molar-refractivity contribution in [1.29, 1.82) is 0 Å². The quantitative estimate of drug-likeness (QED) is 0.759. The van der Waals surface area contributed by atoms with Crippen molar-refractivity contribution < 1.29 is 0 Å². The molecule has 1 heterocycles. The lowest BCUT2D eigenvalue weighted by molar-refractivity contribution is 0.410. The maximum absolute atomic E-state index is 4.30. The molecule has 1 aromatic rings. The van der Waals surface area contributed by atoms with Gasteiger partial charge < -0.3 is 5.32 Å². The van der Waals surface area contributed by atoms with Crippen molar-refractivity contribution in [3.8, 4) is 0 Å². The third kappa shape index (κ3) is 1.86. The summed E-state index contributed by atoms with van der Waals surface area (Å²) in [4.78, 5) is 8.50. The molecule has 3 heteroatoms. The minimum atomic E-state index is 0.707. The van der Waals surface area contributed by atoms with E-state index in [0.29, 0.717) is 5.92 Å². The van der Waals surface area contributed by atoms with Gasteiger partial charge in [0.1, 0.15) is 6.33 Å².